The molecule has 9 heteroatoms. The molecule has 0 radical (unpaired) electrons. The second-order valence-corrected chi connectivity index (χ2v) is 8.57. The predicted molar refractivity (Wildman–Crippen MR) is 119 cm³/mol. The van der Waals surface area contributed by atoms with Gasteiger partial charge in [0.25, 0.3) is 0 Å². The molecule has 0 amide bonds. The van der Waals surface area contributed by atoms with Gasteiger partial charge in [0, 0.05) is 29.9 Å². The molecule has 0 bridgehead atoms. The van der Waals surface area contributed by atoms with Gasteiger partial charge in [-0.3, -0.25) is 4.79 Å². The highest BCUT2D eigenvalue weighted by Crippen LogP contribution is 2.39. The molecule has 1 fully saturated rings. The maximum atomic E-state index is 14.6. The number of Topliss-reactive ketones (excluding diaryl/α,β-unsaturated/α-hetero) is 1. The Labute approximate surface area is 189 Å². The van der Waals surface area contributed by atoms with Gasteiger partial charge in [-0.1, -0.05) is 6.07 Å². The van der Waals surface area contributed by atoms with Crippen molar-refractivity contribution in [1.82, 2.24) is 29.3 Å². The molecule has 3 aromatic heterocycles. The lowest BCUT2D eigenvalue weighted by atomic mass is 10.0. The SMILES string of the molecule is CC(C)n1cnnc1-c1cccc(CC(=O)c2cc(-n3cnc(C4CC4)c3)c(F)cc2O)n1. The van der Waals surface area contributed by atoms with Crippen LogP contribution in [0.3, 0.4) is 0 Å². The van der Waals surface area contributed by atoms with Crippen molar-refractivity contribution >= 4 is 5.78 Å². The van der Waals surface area contributed by atoms with E-state index in [1.807, 2.05) is 18.4 Å². The second-order valence-electron chi connectivity index (χ2n) is 8.57. The zero-order valence-electron chi connectivity index (χ0n) is 18.3. The number of pyridine rings is 1. The van der Waals surface area contributed by atoms with Crippen LogP contribution in [0.2, 0.25) is 0 Å². The minimum Gasteiger partial charge on any atom is -0.507 e. The van der Waals surface area contributed by atoms with Gasteiger partial charge in [0.15, 0.2) is 17.4 Å². The summed E-state index contributed by atoms with van der Waals surface area (Å²) >= 11 is 0. The van der Waals surface area contributed by atoms with Gasteiger partial charge in [0.05, 0.1) is 29.7 Å². The number of ketones is 1. The lowest BCUT2D eigenvalue weighted by Crippen LogP contribution is -2.09. The number of imidazole rings is 1. The van der Waals surface area contributed by atoms with E-state index in [4.69, 9.17) is 0 Å². The zero-order chi connectivity index (χ0) is 23.1. The number of benzene rings is 1. The summed E-state index contributed by atoms with van der Waals surface area (Å²) in [5.74, 6) is -0.368. The van der Waals surface area contributed by atoms with Crippen molar-refractivity contribution in [3.63, 3.8) is 0 Å². The Bertz CT molecular complexity index is 1340. The van der Waals surface area contributed by atoms with Crippen LogP contribution in [0, 0.1) is 5.82 Å². The summed E-state index contributed by atoms with van der Waals surface area (Å²) in [7, 11) is 0. The molecule has 1 N–H and O–H groups in total. The van der Waals surface area contributed by atoms with Gasteiger partial charge >= 0.3 is 0 Å². The largest absolute Gasteiger partial charge is 0.507 e. The highest BCUT2D eigenvalue weighted by molar-refractivity contribution is 6.00. The van der Waals surface area contributed by atoms with Crippen molar-refractivity contribution in [3.8, 4) is 23.0 Å². The molecule has 1 aromatic carbocycles. The molecule has 33 heavy (non-hydrogen) atoms. The fourth-order valence-electron chi connectivity index (χ4n) is 3.80. The fraction of sp³-hybridized carbons (Fsp3) is 0.292. The van der Waals surface area contributed by atoms with Gasteiger partial charge in [0.1, 0.15) is 17.8 Å². The smallest absolute Gasteiger partial charge is 0.182 e. The lowest BCUT2D eigenvalue weighted by molar-refractivity contribution is 0.0989. The van der Waals surface area contributed by atoms with Gasteiger partial charge < -0.3 is 14.2 Å². The molecular formula is C24H23FN6O2. The molecule has 168 valence electrons. The number of nitrogens with zero attached hydrogens (tertiary/aromatic N) is 6. The van der Waals surface area contributed by atoms with E-state index in [1.165, 1.54) is 12.4 Å². The number of aromatic nitrogens is 6. The van der Waals surface area contributed by atoms with Crippen LogP contribution in [0.15, 0.2) is 49.2 Å². The molecule has 1 aliphatic rings. The fourth-order valence-corrected chi connectivity index (χ4v) is 3.80. The summed E-state index contributed by atoms with van der Waals surface area (Å²) in [5.41, 5.74) is 2.22. The first-order chi connectivity index (χ1) is 15.9. The van der Waals surface area contributed by atoms with Crippen LogP contribution >= 0.6 is 0 Å². The van der Waals surface area contributed by atoms with Gasteiger partial charge in [-0.15, -0.1) is 10.2 Å². The number of hydrogen-bond acceptors (Lipinski definition) is 6. The van der Waals surface area contributed by atoms with E-state index < -0.39 is 11.6 Å². The molecule has 0 atom stereocenters. The Morgan fingerprint density at radius 3 is 2.82 bits per heavy atom. The molecule has 0 spiro atoms. The van der Waals surface area contributed by atoms with E-state index in [0.29, 0.717) is 23.1 Å². The molecular weight excluding hydrogens is 423 g/mol. The molecule has 5 rings (SSSR count). The van der Waals surface area contributed by atoms with Crippen molar-refractivity contribution < 1.29 is 14.3 Å². The summed E-state index contributed by atoms with van der Waals surface area (Å²) in [5, 5.41) is 18.4. The normalized spacial score (nSPS) is 13.6. The predicted octanol–water partition coefficient (Wildman–Crippen LogP) is 4.25. The van der Waals surface area contributed by atoms with Crippen molar-refractivity contribution in [1.29, 1.82) is 0 Å². The third-order valence-corrected chi connectivity index (χ3v) is 5.75. The molecule has 0 saturated heterocycles. The van der Waals surface area contributed by atoms with E-state index in [9.17, 15) is 14.3 Å². The monoisotopic (exact) mass is 446 g/mol. The van der Waals surface area contributed by atoms with Gasteiger partial charge in [-0.2, -0.15) is 0 Å². The molecule has 1 aliphatic carbocycles. The number of carbonyl (C=O) groups is 1. The maximum Gasteiger partial charge on any atom is 0.182 e. The number of halogens is 1. The summed E-state index contributed by atoms with van der Waals surface area (Å²) in [6, 6.07) is 7.82. The van der Waals surface area contributed by atoms with Crippen LogP contribution in [0.5, 0.6) is 5.75 Å². The van der Waals surface area contributed by atoms with Crippen LogP contribution in [-0.2, 0) is 6.42 Å². The standard InChI is InChI=1S/C24H23FN6O2/c1-14(2)31-13-27-29-24(31)19-5-3-4-16(28-19)8-22(32)17-9-21(18(25)10-23(17)33)30-11-20(26-12-30)15-6-7-15/h3-5,9-15,33H,6-8H2,1-2H3. The number of phenols is 1. The summed E-state index contributed by atoms with van der Waals surface area (Å²) < 4.78 is 18.0. The minimum atomic E-state index is -0.628. The van der Waals surface area contributed by atoms with Crippen LogP contribution in [0.4, 0.5) is 4.39 Å². The quantitative estimate of drug-likeness (QED) is 0.426. The van der Waals surface area contributed by atoms with Gasteiger partial charge in [0.2, 0.25) is 0 Å². The van der Waals surface area contributed by atoms with Crippen LogP contribution < -0.4 is 0 Å². The highest BCUT2D eigenvalue weighted by atomic mass is 19.1. The maximum absolute atomic E-state index is 14.6. The van der Waals surface area contributed by atoms with Crippen molar-refractivity contribution in [2.45, 2.75) is 45.1 Å². The van der Waals surface area contributed by atoms with E-state index >= 15 is 0 Å². The second kappa shape index (κ2) is 8.23. The van der Waals surface area contributed by atoms with E-state index in [0.717, 1.165) is 24.6 Å². The van der Waals surface area contributed by atoms with E-state index in [-0.39, 0.29) is 29.5 Å². The van der Waals surface area contributed by atoms with Crippen molar-refractivity contribution in [2.75, 3.05) is 0 Å². The Morgan fingerprint density at radius 2 is 2.06 bits per heavy atom. The summed E-state index contributed by atoms with van der Waals surface area (Å²) in [4.78, 5) is 22.0. The van der Waals surface area contributed by atoms with E-state index in [2.05, 4.69) is 20.2 Å². The highest BCUT2D eigenvalue weighted by Gasteiger charge is 2.26. The van der Waals surface area contributed by atoms with Gasteiger partial charge in [-0.25, -0.2) is 14.4 Å². The number of phenolic OH excluding ortho intramolecular Hbond substituents is 1. The topological polar surface area (TPSA) is 98.7 Å². The first kappa shape index (κ1) is 21.0. The zero-order valence-corrected chi connectivity index (χ0v) is 18.3. The number of rotatable bonds is 7. The molecule has 0 aliphatic heterocycles. The number of hydrogen-bond donors (Lipinski definition) is 1. The van der Waals surface area contributed by atoms with Crippen LogP contribution in [-0.4, -0.2) is 40.2 Å². The van der Waals surface area contributed by atoms with Crippen LogP contribution in [0.25, 0.3) is 17.2 Å². The average Bonchev–Trinajstić information content (AvgIpc) is 3.31. The minimum absolute atomic E-state index is 0.0330. The van der Waals surface area contributed by atoms with E-state index in [1.54, 1.807) is 35.3 Å². The third-order valence-electron chi connectivity index (χ3n) is 5.75. The molecule has 0 unspecified atom stereocenters. The summed E-state index contributed by atoms with van der Waals surface area (Å²) in [6.07, 6.45) is 7.06. The molecule has 4 aromatic rings. The molecule has 1 saturated carbocycles. The van der Waals surface area contributed by atoms with Crippen LogP contribution in [0.1, 0.15) is 60.4 Å². The first-order valence-corrected chi connectivity index (χ1v) is 10.9. The summed E-state index contributed by atoms with van der Waals surface area (Å²) in [6.45, 7) is 4.03. The lowest BCUT2D eigenvalue weighted by Gasteiger charge is -2.11. The Morgan fingerprint density at radius 1 is 1.24 bits per heavy atom. The number of aromatic hydroxyl groups is 1. The third kappa shape index (κ3) is 4.13. The van der Waals surface area contributed by atoms with Gasteiger partial charge in [-0.05, 0) is 44.9 Å². The number of carbonyl (C=O) groups excluding carboxylic acids is 1. The first-order valence-electron chi connectivity index (χ1n) is 10.9. The average molecular weight is 446 g/mol. The Kier molecular flexibility index (Phi) is 5.24. The molecule has 8 nitrogen and oxygen atoms in total. The molecule has 3 heterocycles. The Hall–Kier alpha value is -3.88. The van der Waals surface area contributed by atoms with Crippen molar-refractivity contribution in [2.24, 2.45) is 0 Å². The van der Waals surface area contributed by atoms with Crippen molar-refractivity contribution in [3.05, 3.63) is 72.0 Å². The Balaban J connectivity index is 1.42.